The van der Waals surface area contributed by atoms with Gasteiger partial charge in [0, 0.05) is 47.0 Å². The van der Waals surface area contributed by atoms with Gasteiger partial charge >= 0.3 is 0 Å². The van der Waals surface area contributed by atoms with Crippen LogP contribution in [0.25, 0.3) is 11.1 Å². The van der Waals surface area contributed by atoms with Gasteiger partial charge < -0.3 is 10.4 Å². The normalized spacial score (nSPS) is 20.5. The first kappa shape index (κ1) is 27.4. The number of hydrogen-bond acceptors (Lipinski definition) is 4. The van der Waals surface area contributed by atoms with Crippen LogP contribution in [0.15, 0.2) is 24.3 Å². The van der Waals surface area contributed by atoms with E-state index in [1.165, 1.54) is 0 Å². The number of rotatable bonds is 8. The Labute approximate surface area is 220 Å². The van der Waals surface area contributed by atoms with Crippen LogP contribution in [0.2, 0.25) is 0 Å². The lowest BCUT2D eigenvalue weighted by Gasteiger charge is -2.33. The van der Waals surface area contributed by atoms with Gasteiger partial charge in [-0.3, -0.25) is 19.0 Å². The van der Waals surface area contributed by atoms with E-state index in [4.69, 9.17) is 4.98 Å². The minimum absolute atomic E-state index is 0.0381. The van der Waals surface area contributed by atoms with Gasteiger partial charge in [0.1, 0.15) is 5.78 Å². The minimum atomic E-state index is -0.539. The van der Waals surface area contributed by atoms with E-state index in [1.807, 2.05) is 45.9 Å². The highest BCUT2D eigenvalue weighted by molar-refractivity contribution is 5.96. The number of amides is 1. The molecule has 0 spiro atoms. The van der Waals surface area contributed by atoms with Crippen molar-refractivity contribution in [2.45, 2.75) is 85.1 Å². The first-order valence-corrected chi connectivity index (χ1v) is 13.8. The molecule has 1 aromatic heterocycles. The van der Waals surface area contributed by atoms with Gasteiger partial charge in [-0.25, -0.2) is 0 Å². The lowest BCUT2D eigenvalue weighted by Crippen LogP contribution is -2.37. The summed E-state index contributed by atoms with van der Waals surface area (Å²) in [6.07, 6.45) is 5.63. The third-order valence-electron chi connectivity index (χ3n) is 8.30. The fourth-order valence-corrected chi connectivity index (χ4v) is 5.63. The van der Waals surface area contributed by atoms with Gasteiger partial charge in [0.2, 0.25) is 0 Å². The van der Waals surface area contributed by atoms with E-state index in [-0.39, 0.29) is 30.1 Å². The molecule has 37 heavy (non-hydrogen) atoms. The molecule has 2 aliphatic rings. The number of aromatic nitrogens is 1. The number of carbonyl (C=O) groups excluding carboxylic acids is 2. The second-order valence-electron chi connectivity index (χ2n) is 11.7. The molecule has 2 N–H and O–H groups in total. The number of Topliss-reactive ketones (excluding diaryl/α,β-unsaturated/α-hetero) is 1. The second kappa shape index (κ2) is 11.4. The van der Waals surface area contributed by atoms with Gasteiger partial charge in [0.25, 0.3) is 5.91 Å². The quantitative estimate of drug-likeness (QED) is 0.479. The van der Waals surface area contributed by atoms with Crippen molar-refractivity contribution < 1.29 is 19.1 Å². The number of aryl methyl sites for hydroxylation is 4. The van der Waals surface area contributed by atoms with Crippen LogP contribution in [0.4, 0.5) is 4.39 Å². The van der Waals surface area contributed by atoms with Crippen LogP contribution in [-0.4, -0.2) is 41.1 Å². The number of benzene rings is 1. The van der Waals surface area contributed by atoms with Crippen molar-refractivity contribution in [1.29, 1.82) is 0 Å². The summed E-state index contributed by atoms with van der Waals surface area (Å²) in [4.78, 5) is 31.3. The average Bonchev–Trinajstić information content (AvgIpc) is 3.68. The molecule has 200 valence electrons. The number of hydrogen-bond donors (Lipinski definition) is 2. The Morgan fingerprint density at radius 1 is 1.11 bits per heavy atom. The molecule has 4 rings (SSSR count). The summed E-state index contributed by atoms with van der Waals surface area (Å²) in [5, 5.41) is 13.1. The molecule has 6 heteroatoms. The van der Waals surface area contributed by atoms with Crippen molar-refractivity contribution in [3.05, 3.63) is 52.3 Å². The molecule has 5 nitrogen and oxygen atoms in total. The Morgan fingerprint density at radius 2 is 1.86 bits per heavy atom. The lowest BCUT2D eigenvalue weighted by atomic mass is 9.71. The summed E-state index contributed by atoms with van der Waals surface area (Å²) in [7, 11) is 0. The molecule has 0 aliphatic heterocycles. The molecule has 0 saturated heterocycles. The van der Waals surface area contributed by atoms with E-state index < -0.39 is 12.1 Å². The molecule has 0 bridgehead atoms. The molecule has 1 amide bonds. The molecule has 2 unspecified atom stereocenters. The Kier molecular flexibility index (Phi) is 8.47. The van der Waals surface area contributed by atoms with Crippen LogP contribution >= 0.6 is 0 Å². The third kappa shape index (κ3) is 6.28. The maximum absolute atomic E-state index is 13.6. The van der Waals surface area contributed by atoms with Crippen LogP contribution < -0.4 is 5.32 Å². The van der Waals surface area contributed by atoms with E-state index in [1.54, 1.807) is 0 Å². The zero-order valence-corrected chi connectivity index (χ0v) is 22.7. The molecular formula is C31H41FN2O3. The molecule has 1 saturated carbocycles. The van der Waals surface area contributed by atoms with Gasteiger partial charge in [-0.1, -0.05) is 19.9 Å². The standard InChI is InChI=1S/C31H41FN2O3/c1-19-7-8-23(30(37)34-24-11-12-24)17-25(19)26-16-22-10-9-21(6-5-15-32)29(36)27(31(3,4)18-35)13-14-28(22)33-20(26)2/h7-8,16-17,21,24,27,35H,5-6,9-15,18H2,1-4H3,(H,34,37). The number of nitrogens with one attached hydrogen (secondary N) is 1. The molecule has 0 radical (unpaired) electrons. The van der Waals surface area contributed by atoms with E-state index >= 15 is 0 Å². The van der Waals surface area contributed by atoms with Crippen LogP contribution in [-0.2, 0) is 17.6 Å². The zero-order valence-electron chi connectivity index (χ0n) is 22.7. The Morgan fingerprint density at radius 3 is 2.54 bits per heavy atom. The summed E-state index contributed by atoms with van der Waals surface area (Å²) >= 11 is 0. The van der Waals surface area contributed by atoms with Crippen molar-refractivity contribution in [2.75, 3.05) is 13.3 Å². The summed E-state index contributed by atoms with van der Waals surface area (Å²) in [6.45, 7) is 7.44. The molecule has 2 aromatic rings. The lowest BCUT2D eigenvalue weighted by molar-refractivity contribution is -0.132. The van der Waals surface area contributed by atoms with Crippen LogP contribution in [0.1, 0.15) is 85.2 Å². The number of nitrogens with zero attached hydrogens (tertiary/aromatic N) is 1. The molecule has 2 atom stereocenters. The highest BCUT2D eigenvalue weighted by Crippen LogP contribution is 2.38. The number of carbonyl (C=O) groups is 2. The average molecular weight is 509 g/mol. The largest absolute Gasteiger partial charge is 0.396 e. The Bertz CT molecular complexity index is 1160. The SMILES string of the molecule is Cc1ccc(C(=O)NC2CC2)cc1-c1cc2c(nc1C)CCC(C(C)(C)CO)C(=O)C(CCCF)CC2. The van der Waals surface area contributed by atoms with Crippen molar-refractivity contribution in [2.24, 2.45) is 17.3 Å². The molecule has 1 heterocycles. The van der Waals surface area contributed by atoms with Crippen molar-refractivity contribution in [3.8, 4) is 11.1 Å². The fourth-order valence-electron chi connectivity index (χ4n) is 5.63. The van der Waals surface area contributed by atoms with Crippen molar-refractivity contribution >= 4 is 11.7 Å². The maximum atomic E-state index is 13.6. The van der Waals surface area contributed by atoms with Crippen molar-refractivity contribution in [3.63, 3.8) is 0 Å². The van der Waals surface area contributed by atoms with Gasteiger partial charge in [-0.15, -0.1) is 0 Å². The number of pyridine rings is 1. The number of alkyl halides is 1. The highest BCUT2D eigenvalue weighted by atomic mass is 19.1. The third-order valence-corrected chi connectivity index (χ3v) is 8.30. The first-order chi connectivity index (χ1) is 17.6. The molecule has 2 aliphatic carbocycles. The highest BCUT2D eigenvalue weighted by Gasteiger charge is 2.38. The zero-order chi connectivity index (χ0) is 26.7. The van der Waals surface area contributed by atoms with E-state index in [0.717, 1.165) is 46.5 Å². The maximum Gasteiger partial charge on any atom is 0.251 e. The van der Waals surface area contributed by atoms with Gasteiger partial charge in [-0.2, -0.15) is 0 Å². The number of halogens is 1. The van der Waals surface area contributed by atoms with Gasteiger partial charge in [0.15, 0.2) is 0 Å². The number of aliphatic hydroxyl groups is 1. The molecular weight excluding hydrogens is 467 g/mol. The minimum Gasteiger partial charge on any atom is -0.396 e. The number of ketones is 1. The van der Waals surface area contributed by atoms with E-state index in [0.29, 0.717) is 50.1 Å². The Hall–Kier alpha value is -2.60. The topological polar surface area (TPSA) is 79.3 Å². The van der Waals surface area contributed by atoms with E-state index in [9.17, 15) is 19.1 Å². The van der Waals surface area contributed by atoms with Gasteiger partial charge in [0.05, 0.1) is 6.67 Å². The smallest absolute Gasteiger partial charge is 0.251 e. The first-order valence-electron chi connectivity index (χ1n) is 13.8. The van der Waals surface area contributed by atoms with Gasteiger partial charge in [-0.05, 0) is 106 Å². The van der Waals surface area contributed by atoms with Crippen LogP contribution in [0, 0.1) is 31.1 Å². The monoisotopic (exact) mass is 508 g/mol. The second-order valence-corrected chi connectivity index (χ2v) is 11.7. The predicted octanol–water partition coefficient (Wildman–Crippen LogP) is 5.71. The summed E-state index contributed by atoms with van der Waals surface area (Å²) in [5.41, 5.74) is 6.23. The van der Waals surface area contributed by atoms with Crippen LogP contribution in [0.3, 0.4) is 0 Å². The number of aliphatic hydroxyl groups excluding tert-OH is 1. The predicted molar refractivity (Wildman–Crippen MR) is 144 cm³/mol. The van der Waals surface area contributed by atoms with E-state index in [2.05, 4.69) is 11.4 Å². The fraction of sp³-hybridized carbons (Fsp3) is 0.581. The number of fused-ring (bicyclic) bond motifs is 1. The molecule has 1 fully saturated rings. The Balaban J connectivity index is 1.70. The van der Waals surface area contributed by atoms with Crippen LogP contribution in [0.5, 0.6) is 0 Å². The molecule has 1 aromatic carbocycles. The summed E-state index contributed by atoms with van der Waals surface area (Å²) in [5.74, 6) is -0.400. The summed E-state index contributed by atoms with van der Waals surface area (Å²) < 4.78 is 13.1. The van der Waals surface area contributed by atoms with Crippen molar-refractivity contribution in [1.82, 2.24) is 10.3 Å². The summed E-state index contributed by atoms with van der Waals surface area (Å²) in [6, 6.07) is 8.32.